The number of rotatable bonds is 0. The van der Waals surface area contributed by atoms with Gasteiger partial charge in [0.05, 0.1) is 0 Å². The first-order chi connectivity index (χ1) is 2.00. The second-order valence-corrected chi connectivity index (χ2v) is 0. The zero-order chi connectivity index (χ0) is 4.00. The topological polar surface area (TPSA) is 205 Å². The molecule has 68 valence electrons. The summed E-state index contributed by atoms with van der Waals surface area (Å²) < 4.78 is 0. The predicted molar refractivity (Wildman–Crippen MR) is 28.0 cm³/mol. The molecule has 7 nitrogen and oxygen atoms in total. The minimum Gasteiger partial charge on any atom is -0.512 e. The molecular weight excluding hydrogens is 191 g/mol. The van der Waals surface area contributed by atoms with Crippen LogP contribution in [0.1, 0.15) is 0 Å². The maximum absolute atomic E-state index is 6.25. The summed E-state index contributed by atoms with van der Waals surface area (Å²) in [5.74, 6) is 0. The summed E-state index contributed by atoms with van der Waals surface area (Å²) in [5.41, 5.74) is 0. The van der Waals surface area contributed by atoms with Gasteiger partial charge in [-0.3, -0.25) is 0 Å². The van der Waals surface area contributed by atoms with E-state index in [-0.39, 0.29) is 43.9 Å². The van der Waals surface area contributed by atoms with Gasteiger partial charge in [-0.2, -0.15) is 0 Å². The first kappa shape index (κ1) is 391. The van der Waals surface area contributed by atoms with Gasteiger partial charge in [-0.1, -0.05) is 0 Å². The molecule has 0 aromatic carbocycles. The van der Waals surface area contributed by atoms with E-state index in [1.165, 1.54) is 0 Å². The summed E-state index contributed by atoms with van der Waals surface area (Å²) in [6.45, 7) is 9.50. The molecule has 0 bridgehead atoms. The SMILES string of the molecule is O.O.O.O.O.[C-]#N.[C-]#N.[Ni+2]. The van der Waals surface area contributed by atoms with Gasteiger partial charge < -0.3 is 51.0 Å². The van der Waals surface area contributed by atoms with Crippen LogP contribution in [0.15, 0.2) is 0 Å². The smallest absolute Gasteiger partial charge is 0.512 e. The van der Waals surface area contributed by atoms with E-state index in [0.717, 1.165) is 0 Å². The molecule has 0 aromatic heterocycles. The number of hydrogen-bond donors (Lipinski definition) is 0. The van der Waals surface area contributed by atoms with Gasteiger partial charge in [0.25, 0.3) is 0 Å². The van der Waals surface area contributed by atoms with Gasteiger partial charge in [0.1, 0.15) is 0 Å². The van der Waals surface area contributed by atoms with Crippen LogP contribution >= 0.6 is 0 Å². The molecule has 0 aliphatic heterocycles. The molecule has 8 heteroatoms. The Morgan fingerprint density at radius 3 is 0.500 bits per heavy atom. The van der Waals surface area contributed by atoms with Gasteiger partial charge in [0.15, 0.2) is 0 Å². The van der Waals surface area contributed by atoms with Crippen molar-refractivity contribution in [3.8, 4) is 0 Å². The summed E-state index contributed by atoms with van der Waals surface area (Å²) in [6, 6.07) is 0. The zero-order valence-electron chi connectivity index (χ0n) is 4.71. The van der Waals surface area contributed by atoms with E-state index >= 15 is 0 Å². The second kappa shape index (κ2) is 829. The quantitative estimate of drug-likeness (QED) is 0.284. The van der Waals surface area contributed by atoms with Crippen LogP contribution in [0.2, 0.25) is 0 Å². The largest absolute Gasteiger partial charge is 2.00 e. The molecule has 0 saturated carbocycles. The first-order valence-corrected chi connectivity index (χ1v) is 0.447. The minimum absolute atomic E-state index is 0. The Bertz CT molecular complexity index is 33.1. The molecular formula is C2H10N2NiO5. The average molecular weight is 201 g/mol. The Hall–Kier alpha value is -0.726. The van der Waals surface area contributed by atoms with E-state index in [9.17, 15) is 0 Å². The molecule has 0 aliphatic rings. The summed E-state index contributed by atoms with van der Waals surface area (Å²) >= 11 is 0. The van der Waals surface area contributed by atoms with Crippen LogP contribution in [0.3, 0.4) is 0 Å². The van der Waals surface area contributed by atoms with E-state index in [4.69, 9.17) is 23.7 Å². The normalized spacial score (nSPS) is 0.400. The molecule has 0 aromatic rings. The third kappa shape index (κ3) is 542. The molecule has 0 spiro atoms. The maximum atomic E-state index is 6.25. The molecule has 10 heavy (non-hydrogen) atoms. The fourth-order valence-corrected chi connectivity index (χ4v) is 0. The average Bonchev–Trinajstić information content (AvgIpc) is 1.50. The van der Waals surface area contributed by atoms with E-state index in [0.29, 0.717) is 0 Å². The van der Waals surface area contributed by atoms with Crippen molar-refractivity contribution in [2.24, 2.45) is 0 Å². The molecule has 0 radical (unpaired) electrons. The molecule has 0 heterocycles. The van der Waals surface area contributed by atoms with Crippen LogP contribution in [0.4, 0.5) is 0 Å². The predicted octanol–water partition coefficient (Wildman–Crippen LogP) is -3.93. The van der Waals surface area contributed by atoms with Crippen molar-refractivity contribution in [3.63, 3.8) is 0 Å². The van der Waals surface area contributed by atoms with E-state index < -0.39 is 0 Å². The number of nitrogens with zero attached hydrogens (tertiary/aromatic N) is 2. The Labute approximate surface area is 68.3 Å². The van der Waals surface area contributed by atoms with Crippen LogP contribution in [0.5, 0.6) is 0 Å². The van der Waals surface area contributed by atoms with Gasteiger partial charge in [-0.25, -0.2) is 0 Å². The summed E-state index contributed by atoms with van der Waals surface area (Å²) in [4.78, 5) is 0. The van der Waals surface area contributed by atoms with Gasteiger partial charge in [0, 0.05) is 0 Å². The standard InChI is InChI=1S/2CN.Ni.5H2O/c2*1-2;;;;;;/h;;;5*1H2/q2*-1;+2;;;;;. The van der Waals surface area contributed by atoms with Crippen LogP contribution < -0.4 is 0 Å². The Morgan fingerprint density at radius 2 is 0.500 bits per heavy atom. The fraction of sp³-hybridized carbons (Fsp3) is 0. The van der Waals surface area contributed by atoms with Crippen molar-refractivity contribution in [1.29, 1.82) is 10.5 Å². The van der Waals surface area contributed by atoms with Crippen molar-refractivity contribution in [2.75, 3.05) is 0 Å². The van der Waals surface area contributed by atoms with E-state index in [1.807, 2.05) is 0 Å². The van der Waals surface area contributed by atoms with Gasteiger partial charge in [-0.05, 0) is 0 Å². The molecule has 0 rings (SSSR count). The maximum Gasteiger partial charge on any atom is 2.00 e. The van der Waals surface area contributed by atoms with Crippen LogP contribution in [0.25, 0.3) is 0 Å². The third-order valence-electron chi connectivity index (χ3n) is 0. The van der Waals surface area contributed by atoms with Crippen LogP contribution in [-0.2, 0) is 16.5 Å². The molecule has 0 fully saturated rings. The first-order valence-electron chi connectivity index (χ1n) is 0.447. The van der Waals surface area contributed by atoms with Gasteiger partial charge in [0.2, 0.25) is 0 Å². The molecule has 10 N–H and O–H groups in total. The van der Waals surface area contributed by atoms with Crippen molar-refractivity contribution >= 4 is 0 Å². The van der Waals surface area contributed by atoms with Crippen LogP contribution in [-0.4, -0.2) is 27.4 Å². The monoisotopic (exact) mass is 200 g/mol. The number of hydrogen-bond acceptors (Lipinski definition) is 2. The molecule has 0 saturated heterocycles. The fourth-order valence-electron chi connectivity index (χ4n) is 0. The van der Waals surface area contributed by atoms with Crippen LogP contribution in [0, 0.1) is 23.7 Å². The van der Waals surface area contributed by atoms with Crippen molar-refractivity contribution in [1.82, 2.24) is 0 Å². The molecule has 0 unspecified atom stereocenters. The van der Waals surface area contributed by atoms with Gasteiger partial charge in [-0.15, -0.1) is 0 Å². The summed E-state index contributed by atoms with van der Waals surface area (Å²) in [5, 5.41) is 12.5. The van der Waals surface area contributed by atoms with Gasteiger partial charge >= 0.3 is 16.5 Å². The molecule has 0 atom stereocenters. The minimum atomic E-state index is 0. The third-order valence-corrected chi connectivity index (χ3v) is 0. The molecule has 0 amide bonds. The van der Waals surface area contributed by atoms with Crippen molar-refractivity contribution < 1.29 is 43.9 Å². The van der Waals surface area contributed by atoms with Crippen molar-refractivity contribution in [3.05, 3.63) is 13.1 Å². The zero-order valence-corrected chi connectivity index (χ0v) is 5.70. The van der Waals surface area contributed by atoms with E-state index in [2.05, 4.69) is 0 Å². The second-order valence-electron chi connectivity index (χ2n) is 0. The summed E-state index contributed by atoms with van der Waals surface area (Å²) in [7, 11) is 0. The Balaban J connectivity index is -0.000000000833. The Kier molecular flexibility index (Phi) is 32500. The summed E-state index contributed by atoms with van der Waals surface area (Å²) in [6.07, 6.45) is 0. The van der Waals surface area contributed by atoms with E-state index in [1.54, 1.807) is 0 Å². The molecule has 0 aliphatic carbocycles. The van der Waals surface area contributed by atoms with Crippen molar-refractivity contribution in [2.45, 2.75) is 0 Å². The Morgan fingerprint density at radius 1 is 0.500 bits per heavy atom.